The van der Waals surface area contributed by atoms with Crippen LogP contribution in [0.5, 0.6) is 11.5 Å². The van der Waals surface area contributed by atoms with E-state index < -0.39 is 8.07 Å². The maximum atomic E-state index is 6.99. The quantitative estimate of drug-likeness (QED) is 0.127. The summed E-state index contributed by atoms with van der Waals surface area (Å²) < 4.78 is 9.25. The molecule has 0 atom stereocenters. The molecule has 6 aromatic carbocycles. The largest absolute Gasteiger partial charge is 0.509 e. The molecule has 0 N–H and O–H groups in total. The summed E-state index contributed by atoms with van der Waals surface area (Å²) in [6.07, 6.45) is 1.93. The van der Waals surface area contributed by atoms with Gasteiger partial charge in [0.1, 0.15) is 5.82 Å². The Morgan fingerprint density at radius 3 is 2.15 bits per heavy atom. The Hall–Kier alpha value is -5.42. The molecular formula is C53H49N4OPtSi-3. The molecule has 304 valence electrons. The average molecular weight is 981 g/mol. The average Bonchev–Trinajstić information content (AvgIpc) is 3.76. The molecule has 10 rings (SSSR count). The zero-order valence-corrected chi connectivity index (χ0v) is 39.0. The van der Waals surface area contributed by atoms with E-state index in [1.807, 2.05) is 6.20 Å². The van der Waals surface area contributed by atoms with E-state index in [0.717, 1.165) is 44.6 Å². The van der Waals surface area contributed by atoms with Crippen molar-refractivity contribution in [2.75, 3.05) is 9.80 Å². The Kier molecular flexibility index (Phi) is 9.57. The van der Waals surface area contributed by atoms with E-state index in [0.29, 0.717) is 11.5 Å². The molecule has 2 aromatic heterocycles. The maximum absolute atomic E-state index is 6.99. The second-order valence-electron chi connectivity index (χ2n) is 18.7. The van der Waals surface area contributed by atoms with Crippen molar-refractivity contribution in [3.05, 3.63) is 163 Å². The SMILES string of the molecule is Cc1cc(C(C)(C)C)ccc1-c1cc(Oc2[c-]c3c(cc2)[Si](C)(C)c2cccc4c2N3[CH-]N4c2ccccc2)[c-]c2c1c1ccccc1n2-c1cc(C(C)(C)C)ccn1.[Pt]. The summed E-state index contributed by atoms with van der Waals surface area (Å²) >= 11 is 0. The molecule has 5 nitrogen and oxygen atoms in total. The smallest absolute Gasteiger partial charge is 0.135 e. The number of para-hydroxylation sites is 3. The molecule has 2 aliphatic heterocycles. The molecule has 7 heteroatoms. The minimum absolute atomic E-state index is 0. The number of fused-ring (bicyclic) bond motifs is 5. The van der Waals surface area contributed by atoms with Crippen molar-refractivity contribution in [1.82, 2.24) is 9.55 Å². The van der Waals surface area contributed by atoms with E-state index >= 15 is 0 Å². The molecule has 0 fully saturated rings. The molecule has 60 heavy (non-hydrogen) atoms. The van der Waals surface area contributed by atoms with Crippen LogP contribution in [0.2, 0.25) is 13.1 Å². The van der Waals surface area contributed by atoms with Crippen LogP contribution in [0, 0.1) is 25.7 Å². The van der Waals surface area contributed by atoms with Crippen molar-refractivity contribution < 1.29 is 25.8 Å². The first-order valence-electron chi connectivity index (χ1n) is 20.6. The van der Waals surface area contributed by atoms with Gasteiger partial charge in [-0.3, -0.25) is 0 Å². The molecular weight excluding hydrogens is 932 g/mol. The number of rotatable bonds is 5. The number of aryl methyl sites for hydroxylation is 1. The molecule has 0 spiro atoms. The summed E-state index contributed by atoms with van der Waals surface area (Å²) in [7, 11) is -2.10. The van der Waals surface area contributed by atoms with Crippen molar-refractivity contribution in [3.8, 4) is 28.4 Å². The number of aromatic nitrogens is 2. The number of hydrogen-bond donors (Lipinski definition) is 0. The zero-order valence-electron chi connectivity index (χ0n) is 35.7. The number of nitrogens with zero attached hydrogens (tertiary/aromatic N) is 4. The maximum Gasteiger partial charge on any atom is 0.135 e. The first kappa shape index (κ1) is 40.0. The van der Waals surface area contributed by atoms with Crippen LogP contribution in [0.4, 0.5) is 22.7 Å². The third-order valence-electron chi connectivity index (χ3n) is 12.4. The van der Waals surface area contributed by atoms with E-state index in [1.54, 1.807) is 0 Å². The summed E-state index contributed by atoms with van der Waals surface area (Å²) in [4.78, 5) is 9.60. The van der Waals surface area contributed by atoms with Gasteiger partial charge >= 0.3 is 0 Å². The molecule has 0 amide bonds. The van der Waals surface area contributed by atoms with Crippen LogP contribution in [-0.2, 0) is 31.9 Å². The van der Waals surface area contributed by atoms with E-state index in [-0.39, 0.29) is 31.9 Å². The number of ether oxygens (including phenoxy) is 1. The summed E-state index contributed by atoms with van der Waals surface area (Å²) in [5.41, 5.74) is 12.6. The molecule has 0 radical (unpaired) electrons. The topological polar surface area (TPSA) is 33.5 Å². The predicted molar refractivity (Wildman–Crippen MR) is 249 cm³/mol. The molecule has 2 aliphatic rings. The number of pyridine rings is 1. The summed E-state index contributed by atoms with van der Waals surface area (Å²) in [5, 5.41) is 5.03. The van der Waals surface area contributed by atoms with Crippen LogP contribution in [0.3, 0.4) is 0 Å². The molecule has 0 unspecified atom stereocenters. The molecule has 8 aromatic rings. The van der Waals surface area contributed by atoms with Crippen LogP contribution in [0.15, 0.2) is 128 Å². The van der Waals surface area contributed by atoms with Crippen molar-refractivity contribution in [2.45, 2.75) is 72.4 Å². The summed E-state index contributed by atoms with van der Waals surface area (Å²) in [6, 6.07) is 51.4. The third-order valence-corrected chi connectivity index (χ3v) is 15.9. The van der Waals surface area contributed by atoms with Crippen molar-refractivity contribution >= 4 is 63.0 Å². The first-order valence-corrected chi connectivity index (χ1v) is 23.6. The first-order chi connectivity index (χ1) is 28.2. The molecule has 0 aliphatic carbocycles. The monoisotopic (exact) mass is 980 g/mol. The van der Waals surface area contributed by atoms with Crippen LogP contribution >= 0.6 is 0 Å². The minimum atomic E-state index is -2.10. The van der Waals surface area contributed by atoms with Crippen molar-refractivity contribution in [1.29, 1.82) is 0 Å². The van der Waals surface area contributed by atoms with Gasteiger partial charge in [-0.15, -0.1) is 41.7 Å². The third kappa shape index (κ3) is 6.42. The normalized spacial score (nSPS) is 14.3. The van der Waals surface area contributed by atoms with Gasteiger partial charge in [0.05, 0.1) is 8.07 Å². The van der Waals surface area contributed by atoms with Gasteiger partial charge in [-0.25, -0.2) is 4.98 Å². The Morgan fingerprint density at radius 2 is 1.40 bits per heavy atom. The van der Waals surface area contributed by atoms with Gasteiger partial charge in [0.2, 0.25) is 0 Å². The number of anilines is 4. The van der Waals surface area contributed by atoms with Crippen molar-refractivity contribution in [3.63, 3.8) is 0 Å². The fourth-order valence-corrected chi connectivity index (χ4v) is 12.0. The van der Waals surface area contributed by atoms with Gasteiger partial charge < -0.3 is 19.1 Å². The van der Waals surface area contributed by atoms with Gasteiger partial charge in [0.25, 0.3) is 0 Å². The summed E-state index contributed by atoms with van der Waals surface area (Å²) in [6.45, 7) is 22.9. The second kappa shape index (κ2) is 14.4. The van der Waals surface area contributed by atoms with E-state index in [1.165, 1.54) is 44.0 Å². The van der Waals surface area contributed by atoms with E-state index in [9.17, 15) is 0 Å². The standard InChI is InChI=1S/C53H49N4OSi.Pt/c1-34-28-35(52(2,3)4)22-24-40(34)42-30-39(32-46-50(42)41-18-13-14-19-43(41)57(46)49-29-36(26-27-54-49)53(5,6)7)58-38-23-25-47-45(31-38)56-33-55(37-16-11-10-12-17-37)44-20-15-21-48(51(44)56)59(47,8)9;/h10-30,33H,1-9H3;/q-3;. The Balaban J connectivity index is 0.00000462. The fourth-order valence-electron chi connectivity index (χ4n) is 9.10. The Bertz CT molecular complexity index is 2970. The van der Waals surface area contributed by atoms with Crippen LogP contribution in [-0.4, -0.2) is 17.6 Å². The van der Waals surface area contributed by atoms with Gasteiger partial charge in [0.15, 0.2) is 0 Å². The predicted octanol–water partition coefficient (Wildman–Crippen LogP) is 12.7. The van der Waals surface area contributed by atoms with E-state index in [2.05, 4.69) is 216 Å². The molecule has 0 bridgehead atoms. The van der Waals surface area contributed by atoms with Crippen LogP contribution < -0.4 is 24.9 Å². The number of hydrogen-bond acceptors (Lipinski definition) is 4. The molecule has 0 saturated carbocycles. The van der Waals surface area contributed by atoms with Gasteiger partial charge in [-0.05, 0) is 87.0 Å². The Labute approximate surface area is 369 Å². The van der Waals surface area contributed by atoms with Gasteiger partial charge in [-0.2, -0.15) is 6.07 Å². The van der Waals surface area contributed by atoms with E-state index in [4.69, 9.17) is 9.72 Å². The minimum Gasteiger partial charge on any atom is -0.509 e. The van der Waals surface area contributed by atoms with Crippen molar-refractivity contribution in [2.24, 2.45) is 0 Å². The Morgan fingerprint density at radius 1 is 0.667 bits per heavy atom. The zero-order chi connectivity index (χ0) is 41.0. The second-order valence-corrected chi connectivity index (χ2v) is 23.1. The summed E-state index contributed by atoms with van der Waals surface area (Å²) in [5.74, 6) is 2.14. The van der Waals surface area contributed by atoms with Gasteiger partial charge in [-0.1, -0.05) is 138 Å². The molecule has 0 saturated heterocycles. The molecule has 4 heterocycles. The number of benzene rings is 6. The van der Waals surface area contributed by atoms with Crippen LogP contribution in [0.25, 0.3) is 38.8 Å². The van der Waals surface area contributed by atoms with Crippen LogP contribution in [0.1, 0.15) is 58.2 Å². The fraction of sp³-hybridized carbons (Fsp3) is 0.208. The van der Waals surface area contributed by atoms with Gasteiger partial charge in [0, 0.05) is 61.3 Å².